The molecule has 2 aromatic rings. The number of benzene rings is 2. The highest BCUT2D eigenvalue weighted by Gasteiger charge is 2.42. The third kappa shape index (κ3) is 6.05. The fraction of sp³-hybridized carbons (Fsp3) is 0.429. The third-order valence-electron chi connectivity index (χ3n) is 5.61. The molecule has 0 bridgehead atoms. The standard InChI is InChI=1S/C21H26F3IN4O4S/c1-29(2)17-9-15(23)18(24)20(26-16-5-4-12(25)8-14(16)22)19(17)27-34(32,33)28-21(6-3-7-21)10-13(31)11-30/h4-5,8-9,13,26-28,30-31H,3,6-7,10-11H2,1-2H3. The number of aliphatic hydroxyl groups is 2. The van der Waals surface area contributed by atoms with Crippen LogP contribution in [-0.2, 0) is 10.2 Å². The summed E-state index contributed by atoms with van der Waals surface area (Å²) in [5.41, 5.74) is -2.08. The second-order valence-electron chi connectivity index (χ2n) is 8.47. The zero-order valence-corrected chi connectivity index (χ0v) is 21.5. The predicted octanol–water partition coefficient (Wildman–Crippen LogP) is 3.43. The van der Waals surface area contributed by atoms with Crippen LogP contribution in [0.1, 0.15) is 25.7 Å². The molecule has 1 aliphatic rings. The van der Waals surface area contributed by atoms with Crippen molar-refractivity contribution in [3.8, 4) is 0 Å². The smallest absolute Gasteiger partial charge is 0.299 e. The lowest BCUT2D eigenvalue weighted by Crippen LogP contribution is -2.56. The van der Waals surface area contributed by atoms with Gasteiger partial charge in [0.1, 0.15) is 11.5 Å². The van der Waals surface area contributed by atoms with Gasteiger partial charge in [-0.3, -0.25) is 4.72 Å². The van der Waals surface area contributed by atoms with Crippen LogP contribution in [0.4, 0.5) is 35.9 Å². The molecule has 188 valence electrons. The molecule has 13 heteroatoms. The lowest BCUT2D eigenvalue weighted by atomic mass is 9.74. The maximum atomic E-state index is 14.9. The summed E-state index contributed by atoms with van der Waals surface area (Å²) in [4.78, 5) is 1.38. The number of nitrogens with zero attached hydrogens (tertiary/aromatic N) is 1. The van der Waals surface area contributed by atoms with Crippen LogP contribution in [0.25, 0.3) is 0 Å². The van der Waals surface area contributed by atoms with Crippen LogP contribution in [0.3, 0.4) is 0 Å². The first-order valence-corrected chi connectivity index (χ1v) is 12.9. The summed E-state index contributed by atoms with van der Waals surface area (Å²) < 4.78 is 75.2. The molecule has 1 fully saturated rings. The van der Waals surface area contributed by atoms with Gasteiger partial charge in [-0.15, -0.1) is 0 Å². The maximum Gasteiger partial charge on any atom is 0.299 e. The molecular formula is C21H26F3IN4O4S. The number of aliphatic hydroxyl groups excluding tert-OH is 2. The van der Waals surface area contributed by atoms with E-state index in [0.29, 0.717) is 22.8 Å². The van der Waals surface area contributed by atoms with Crippen molar-refractivity contribution >= 4 is 55.5 Å². The van der Waals surface area contributed by atoms with Crippen molar-refractivity contribution in [2.45, 2.75) is 37.3 Å². The van der Waals surface area contributed by atoms with Gasteiger partial charge >= 0.3 is 0 Å². The SMILES string of the molecule is CN(C)c1cc(F)c(F)c(Nc2ccc(I)cc2F)c1NS(=O)(=O)NC1(CC(O)CO)CCC1. The molecule has 1 atom stereocenters. The molecule has 0 spiro atoms. The minimum Gasteiger partial charge on any atom is -0.394 e. The molecule has 34 heavy (non-hydrogen) atoms. The van der Waals surface area contributed by atoms with E-state index in [-0.39, 0.29) is 23.5 Å². The number of nitrogens with one attached hydrogen (secondary N) is 3. The molecule has 2 aromatic carbocycles. The fourth-order valence-corrected chi connectivity index (χ4v) is 5.66. The van der Waals surface area contributed by atoms with Crippen LogP contribution in [-0.4, -0.2) is 51.0 Å². The normalized spacial score (nSPS) is 16.0. The van der Waals surface area contributed by atoms with E-state index in [0.717, 1.165) is 6.07 Å². The van der Waals surface area contributed by atoms with Crippen LogP contribution in [0.2, 0.25) is 0 Å². The Morgan fingerprint density at radius 3 is 2.35 bits per heavy atom. The Kier molecular flexibility index (Phi) is 8.22. The van der Waals surface area contributed by atoms with Gasteiger partial charge in [-0.2, -0.15) is 13.1 Å². The lowest BCUT2D eigenvalue weighted by molar-refractivity contribution is 0.0446. The van der Waals surface area contributed by atoms with Crippen molar-refractivity contribution in [3.05, 3.63) is 45.3 Å². The molecule has 5 N–H and O–H groups in total. The molecule has 0 amide bonds. The Labute approximate surface area is 209 Å². The molecule has 3 rings (SSSR count). The minimum atomic E-state index is -4.37. The zero-order chi connectivity index (χ0) is 25.3. The van der Waals surface area contributed by atoms with Gasteiger partial charge in [0.15, 0.2) is 11.6 Å². The monoisotopic (exact) mass is 614 g/mol. The summed E-state index contributed by atoms with van der Waals surface area (Å²) in [6.07, 6.45) is 0.449. The molecule has 0 aromatic heterocycles. The van der Waals surface area contributed by atoms with Crippen molar-refractivity contribution in [2.24, 2.45) is 0 Å². The lowest BCUT2D eigenvalue weighted by Gasteiger charge is -2.43. The van der Waals surface area contributed by atoms with E-state index in [4.69, 9.17) is 5.11 Å². The zero-order valence-electron chi connectivity index (χ0n) is 18.5. The van der Waals surface area contributed by atoms with Crippen molar-refractivity contribution in [3.63, 3.8) is 0 Å². The van der Waals surface area contributed by atoms with Gasteiger partial charge < -0.3 is 20.4 Å². The summed E-state index contributed by atoms with van der Waals surface area (Å²) in [6, 6.07) is 4.89. The van der Waals surface area contributed by atoms with Gasteiger partial charge in [0.25, 0.3) is 10.2 Å². The van der Waals surface area contributed by atoms with Crippen LogP contribution in [0.5, 0.6) is 0 Å². The van der Waals surface area contributed by atoms with E-state index in [1.54, 1.807) is 6.07 Å². The highest BCUT2D eigenvalue weighted by molar-refractivity contribution is 14.1. The van der Waals surface area contributed by atoms with Crippen LogP contribution in [0.15, 0.2) is 24.3 Å². The first-order valence-electron chi connectivity index (χ1n) is 10.4. The van der Waals surface area contributed by atoms with Gasteiger partial charge in [0.2, 0.25) is 0 Å². The number of hydrogen-bond donors (Lipinski definition) is 5. The Balaban J connectivity index is 2.02. The largest absolute Gasteiger partial charge is 0.394 e. The molecule has 0 radical (unpaired) electrons. The minimum absolute atomic E-state index is 0.00394. The van der Waals surface area contributed by atoms with Crippen LogP contribution >= 0.6 is 22.6 Å². The van der Waals surface area contributed by atoms with Crippen molar-refractivity contribution in [1.82, 2.24) is 4.72 Å². The van der Waals surface area contributed by atoms with E-state index >= 15 is 0 Å². The van der Waals surface area contributed by atoms with E-state index in [2.05, 4.69) is 14.8 Å². The summed E-state index contributed by atoms with van der Waals surface area (Å²) in [5.74, 6) is -3.38. The average Bonchev–Trinajstić information content (AvgIpc) is 2.72. The van der Waals surface area contributed by atoms with Crippen molar-refractivity contribution in [1.29, 1.82) is 0 Å². The molecule has 1 saturated carbocycles. The average molecular weight is 614 g/mol. The Hall–Kier alpha value is -1.81. The van der Waals surface area contributed by atoms with E-state index in [1.165, 1.54) is 31.1 Å². The van der Waals surface area contributed by atoms with E-state index < -0.39 is 51.6 Å². The molecular weight excluding hydrogens is 588 g/mol. The molecule has 0 aliphatic heterocycles. The highest BCUT2D eigenvalue weighted by atomic mass is 127. The quantitative estimate of drug-likeness (QED) is 0.262. The molecule has 0 heterocycles. The van der Waals surface area contributed by atoms with Crippen molar-refractivity contribution < 1.29 is 31.8 Å². The first kappa shape index (κ1) is 26.8. The predicted molar refractivity (Wildman–Crippen MR) is 133 cm³/mol. The summed E-state index contributed by atoms with van der Waals surface area (Å²) in [6.45, 7) is -0.527. The number of halogens is 4. The third-order valence-corrected chi connectivity index (χ3v) is 7.45. The van der Waals surface area contributed by atoms with Gasteiger partial charge in [0.05, 0.1) is 29.8 Å². The molecule has 8 nitrogen and oxygen atoms in total. The van der Waals surface area contributed by atoms with E-state index in [1.807, 2.05) is 22.6 Å². The summed E-state index contributed by atoms with van der Waals surface area (Å²) in [7, 11) is -1.34. The Morgan fingerprint density at radius 2 is 1.82 bits per heavy atom. The maximum absolute atomic E-state index is 14.9. The Bertz CT molecular complexity index is 1160. The first-order chi connectivity index (χ1) is 15.9. The van der Waals surface area contributed by atoms with E-state index in [9.17, 15) is 26.7 Å². The number of hydrogen-bond acceptors (Lipinski definition) is 6. The second-order valence-corrected chi connectivity index (χ2v) is 11.1. The van der Waals surface area contributed by atoms with Crippen molar-refractivity contribution in [2.75, 3.05) is 35.6 Å². The van der Waals surface area contributed by atoms with Gasteiger partial charge in [-0.05, 0) is 66.5 Å². The van der Waals surface area contributed by atoms with Crippen LogP contribution < -0.4 is 19.7 Å². The molecule has 1 unspecified atom stereocenters. The Morgan fingerprint density at radius 1 is 1.15 bits per heavy atom. The number of rotatable bonds is 10. The highest BCUT2D eigenvalue weighted by Crippen LogP contribution is 2.41. The fourth-order valence-electron chi connectivity index (χ4n) is 3.82. The van der Waals surface area contributed by atoms with Gasteiger partial charge in [0, 0.05) is 29.3 Å². The molecule has 1 aliphatic carbocycles. The number of anilines is 4. The van der Waals surface area contributed by atoms with Gasteiger partial charge in [-0.25, -0.2) is 13.2 Å². The topological polar surface area (TPSA) is 114 Å². The second kappa shape index (κ2) is 10.4. The van der Waals surface area contributed by atoms with Gasteiger partial charge in [-0.1, -0.05) is 0 Å². The summed E-state index contributed by atoms with van der Waals surface area (Å²) >= 11 is 1.89. The molecule has 0 saturated heterocycles. The van der Waals surface area contributed by atoms with Crippen LogP contribution in [0, 0.1) is 21.0 Å². The summed E-state index contributed by atoms with van der Waals surface area (Å²) in [5, 5.41) is 21.5.